The van der Waals surface area contributed by atoms with E-state index in [2.05, 4.69) is 12.2 Å². The van der Waals surface area contributed by atoms with Crippen molar-refractivity contribution in [3.05, 3.63) is 0 Å². The minimum atomic E-state index is 0.0928. The third-order valence-corrected chi connectivity index (χ3v) is 2.48. The molecule has 0 heterocycles. The molecule has 0 rings (SSSR count). The van der Waals surface area contributed by atoms with Gasteiger partial charge in [-0.15, -0.1) is 0 Å². The Morgan fingerprint density at radius 3 is 2.67 bits per heavy atom. The molecule has 0 radical (unpaired) electrons. The molecule has 0 aliphatic heterocycles. The molecule has 0 saturated carbocycles. The predicted octanol–water partition coefficient (Wildman–Crippen LogP) is 0.760. The molecule has 90 valence electrons. The first-order chi connectivity index (χ1) is 7.13. The van der Waals surface area contributed by atoms with E-state index in [4.69, 9.17) is 10.5 Å². The SMILES string of the molecule is CCC(CN)CC(=O)NCC(C)COC. The van der Waals surface area contributed by atoms with Gasteiger partial charge < -0.3 is 15.8 Å². The fourth-order valence-corrected chi connectivity index (χ4v) is 1.36. The van der Waals surface area contributed by atoms with Crippen LogP contribution in [0.3, 0.4) is 0 Å². The molecule has 0 aromatic rings. The molecule has 1 amide bonds. The highest BCUT2D eigenvalue weighted by molar-refractivity contribution is 5.76. The Morgan fingerprint density at radius 1 is 1.53 bits per heavy atom. The lowest BCUT2D eigenvalue weighted by atomic mass is 10.0. The highest BCUT2D eigenvalue weighted by atomic mass is 16.5. The summed E-state index contributed by atoms with van der Waals surface area (Å²) in [7, 11) is 1.67. The third-order valence-electron chi connectivity index (χ3n) is 2.48. The minimum Gasteiger partial charge on any atom is -0.384 e. The van der Waals surface area contributed by atoms with E-state index in [9.17, 15) is 4.79 Å². The van der Waals surface area contributed by atoms with E-state index in [-0.39, 0.29) is 5.91 Å². The third kappa shape index (κ3) is 7.33. The Kier molecular flexibility index (Phi) is 8.33. The van der Waals surface area contributed by atoms with Gasteiger partial charge in [-0.3, -0.25) is 4.79 Å². The van der Waals surface area contributed by atoms with Crippen LogP contribution in [0.5, 0.6) is 0 Å². The number of rotatable bonds is 8. The molecular formula is C11H24N2O2. The van der Waals surface area contributed by atoms with Gasteiger partial charge in [-0.1, -0.05) is 20.3 Å². The molecule has 15 heavy (non-hydrogen) atoms. The van der Waals surface area contributed by atoms with Crippen molar-refractivity contribution in [3.8, 4) is 0 Å². The summed E-state index contributed by atoms with van der Waals surface area (Å²) in [6.45, 7) is 6.03. The van der Waals surface area contributed by atoms with Crippen molar-refractivity contribution in [2.45, 2.75) is 26.7 Å². The van der Waals surface area contributed by atoms with Gasteiger partial charge in [0.15, 0.2) is 0 Å². The van der Waals surface area contributed by atoms with Crippen molar-refractivity contribution in [2.75, 3.05) is 26.8 Å². The minimum absolute atomic E-state index is 0.0928. The molecule has 0 saturated heterocycles. The van der Waals surface area contributed by atoms with Crippen LogP contribution in [0.2, 0.25) is 0 Å². The van der Waals surface area contributed by atoms with Gasteiger partial charge in [-0.05, 0) is 18.4 Å². The van der Waals surface area contributed by atoms with Crippen molar-refractivity contribution < 1.29 is 9.53 Å². The number of methoxy groups -OCH3 is 1. The molecule has 0 aromatic carbocycles. The Hall–Kier alpha value is -0.610. The molecule has 0 spiro atoms. The van der Waals surface area contributed by atoms with Gasteiger partial charge >= 0.3 is 0 Å². The van der Waals surface area contributed by atoms with Gasteiger partial charge in [0.25, 0.3) is 0 Å². The van der Waals surface area contributed by atoms with Crippen LogP contribution in [0.15, 0.2) is 0 Å². The molecule has 2 atom stereocenters. The van der Waals surface area contributed by atoms with Crippen molar-refractivity contribution >= 4 is 5.91 Å². The van der Waals surface area contributed by atoms with E-state index in [1.165, 1.54) is 0 Å². The predicted molar refractivity (Wildman–Crippen MR) is 61.5 cm³/mol. The number of carbonyl (C=O) groups excluding carboxylic acids is 1. The zero-order valence-electron chi connectivity index (χ0n) is 10.1. The van der Waals surface area contributed by atoms with Crippen LogP contribution in [0.4, 0.5) is 0 Å². The molecule has 0 bridgehead atoms. The summed E-state index contributed by atoms with van der Waals surface area (Å²) < 4.78 is 4.99. The summed E-state index contributed by atoms with van der Waals surface area (Å²) in [5, 5.41) is 2.89. The zero-order valence-corrected chi connectivity index (χ0v) is 10.1. The van der Waals surface area contributed by atoms with E-state index < -0.39 is 0 Å². The summed E-state index contributed by atoms with van der Waals surface area (Å²) in [5.74, 6) is 0.759. The molecule has 2 unspecified atom stereocenters. The second-order valence-corrected chi connectivity index (χ2v) is 4.08. The number of amides is 1. The Balaban J connectivity index is 3.64. The number of ether oxygens (including phenoxy) is 1. The van der Waals surface area contributed by atoms with Gasteiger partial charge in [0.05, 0.1) is 6.61 Å². The molecule has 4 heteroatoms. The number of hydrogen-bond donors (Lipinski definition) is 2. The maximum Gasteiger partial charge on any atom is 0.220 e. The van der Waals surface area contributed by atoms with Crippen LogP contribution >= 0.6 is 0 Å². The topological polar surface area (TPSA) is 64.4 Å². The van der Waals surface area contributed by atoms with Crippen LogP contribution in [-0.2, 0) is 9.53 Å². The summed E-state index contributed by atoms with van der Waals surface area (Å²) in [5.41, 5.74) is 5.54. The van der Waals surface area contributed by atoms with E-state index in [1.807, 2.05) is 6.92 Å². The number of nitrogens with one attached hydrogen (secondary N) is 1. The van der Waals surface area contributed by atoms with Gasteiger partial charge in [0.1, 0.15) is 0 Å². The number of carbonyl (C=O) groups is 1. The zero-order chi connectivity index (χ0) is 11.7. The number of nitrogens with two attached hydrogens (primary N) is 1. The van der Waals surface area contributed by atoms with Crippen LogP contribution in [-0.4, -0.2) is 32.7 Å². The maximum absolute atomic E-state index is 11.5. The Bertz CT molecular complexity index is 170. The van der Waals surface area contributed by atoms with Crippen molar-refractivity contribution in [1.82, 2.24) is 5.32 Å². The van der Waals surface area contributed by atoms with E-state index >= 15 is 0 Å². The van der Waals surface area contributed by atoms with Gasteiger partial charge in [0.2, 0.25) is 5.91 Å². The fourth-order valence-electron chi connectivity index (χ4n) is 1.36. The van der Waals surface area contributed by atoms with Gasteiger partial charge in [-0.25, -0.2) is 0 Å². The quantitative estimate of drug-likeness (QED) is 0.629. The van der Waals surface area contributed by atoms with E-state index in [1.54, 1.807) is 7.11 Å². The lowest BCUT2D eigenvalue weighted by Crippen LogP contribution is -2.32. The molecular weight excluding hydrogens is 192 g/mol. The van der Waals surface area contributed by atoms with Gasteiger partial charge in [0, 0.05) is 20.1 Å². The second kappa shape index (κ2) is 8.68. The van der Waals surface area contributed by atoms with Crippen LogP contribution in [0.1, 0.15) is 26.7 Å². The summed E-state index contributed by atoms with van der Waals surface area (Å²) in [6.07, 6.45) is 1.49. The summed E-state index contributed by atoms with van der Waals surface area (Å²) in [4.78, 5) is 11.5. The van der Waals surface area contributed by atoms with Crippen LogP contribution in [0.25, 0.3) is 0 Å². The number of hydrogen-bond acceptors (Lipinski definition) is 3. The maximum atomic E-state index is 11.5. The molecule has 3 N–H and O–H groups in total. The molecule has 0 aliphatic rings. The average Bonchev–Trinajstić information content (AvgIpc) is 2.23. The van der Waals surface area contributed by atoms with Crippen molar-refractivity contribution in [3.63, 3.8) is 0 Å². The fraction of sp³-hybridized carbons (Fsp3) is 0.909. The van der Waals surface area contributed by atoms with Crippen molar-refractivity contribution in [1.29, 1.82) is 0 Å². The molecule has 0 fully saturated rings. The monoisotopic (exact) mass is 216 g/mol. The smallest absolute Gasteiger partial charge is 0.220 e. The first-order valence-electron chi connectivity index (χ1n) is 5.59. The molecule has 0 aliphatic carbocycles. The summed E-state index contributed by atoms with van der Waals surface area (Å²) >= 11 is 0. The lowest BCUT2D eigenvalue weighted by molar-refractivity contribution is -0.122. The molecule has 4 nitrogen and oxygen atoms in total. The summed E-state index contributed by atoms with van der Waals surface area (Å²) in [6, 6.07) is 0. The van der Waals surface area contributed by atoms with Crippen LogP contribution in [0, 0.1) is 11.8 Å². The van der Waals surface area contributed by atoms with Crippen LogP contribution < -0.4 is 11.1 Å². The first kappa shape index (κ1) is 14.4. The average molecular weight is 216 g/mol. The van der Waals surface area contributed by atoms with Crippen molar-refractivity contribution in [2.24, 2.45) is 17.6 Å². The Morgan fingerprint density at radius 2 is 2.20 bits per heavy atom. The standard InChI is InChI=1S/C11H24N2O2/c1-4-10(6-12)5-11(14)13-7-9(2)8-15-3/h9-10H,4-8,12H2,1-3H3,(H,13,14). The first-order valence-corrected chi connectivity index (χ1v) is 5.59. The van der Waals surface area contributed by atoms with E-state index in [0.717, 1.165) is 6.42 Å². The second-order valence-electron chi connectivity index (χ2n) is 4.08. The van der Waals surface area contributed by atoms with E-state index in [0.29, 0.717) is 38.0 Å². The highest BCUT2D eigenvalue weighted by Gasteiger charge is 2.11. The normalized spacial score (nSPS) is 14.7. The highest BCUT2D eigenvalue weighted by Crippen LogP contribution is 2.05. The largest absolute Gasteiger partial charge is 0.384 e. The van der Waals surface area contributed by atoms with Gasteiger partial charge in [-0.2, -0.15) is 0 Å². The Labute approximate surface area is 92.6 Å². The molecule has 0 aromatic heterocycles. The lowest BCUT2D eigenvalue weighted by Gasteiger charge is -2.14.